The zero-order valence-corrected chi connectivity index (χ0v) is 14.6. The fourth-order valence-electron chi connectivity index (χ4n) is 3.96. The molecule has 3 aliphatic rings. The van der Waals surface area contributed by atoms with Gasteiger partial charge >= 0.3 is 6.03 Å². The van der Waals surface area contributed by atoms with Gasteiger partial charge in [-0.1, -0.05) is 29.8 Å². The van der Waals surface area contributed by atoms with Gasteiger partial charge in [-0.15, -0.1) is 0 Å². The molecule has 1 aromatic carbocycles. The first-order valence-electron chi connectivity index (χ1n) is 9.15. The van der Waals surface area contributed by atoms with Gasteiger partial charge in [-0.2, -0.15) is 0 Å². The predicted octanol–water partition coefficient (Wildman–Crippen LogP) is 3.17. The Balaban J connectivity index is 1.54. The lowest BCUT2D eigenvalue weighted by Gasteiger charge is -2.25. The average molecular weight is 355 g/mol. The molecule has 0 saturated heterocycles. The van der Waals surface area contributed by atoms with E-state index in [-0.39, 0.29) is 5.91 Å². The molecule has 0 saturated carbocycles. The van der Waals surface area contributed by atoms with E-state index in [0.29, 0.717) is 29.9 Å². The van der Waals surface area contributed by atoms with Crippen LogP contribution in [-0.2, 0) is 4.79 Å². The van der Waals surface area contributed by atoms with Gasteiger partial charge in [-0.05, 0) is 38.2 Å². The molecule has 5 nitrogen and oxygen atoms in total. The molecule has 3 amide bonds. The Morgan fingerprint density at radius 3 is 2.81 bits per heavy atom. The van der Waals surface area contributed by atoms with E-state index in [1.165, 1.54) is 24.5 Å². The SMILES string of the molecule is O=C1NC2=C(C(=O)N(CCC3=CCCCC3)C2)C(c2ccccc2F)N1. The van der Waals surface area contributed by atoms with Gasteiger partial charge in [-0.25, -0.2) is 9.18 Å². The van der Waals surface area contributed by atoms with Crippen molar-refractivity contribution in [3.63, 3.8) is 0 Å². The second-order valence-corrected chi connectivity index (χ2v) is 7.03. The predicted molar refractivity (Wildman–Crippen MR) is 95.6 cm³/mol. The Labute approximate surface area is 151 Å². The van der Waals surface area contributed by atoms with Crippen molar-refractivity contribution in [3.8, 4) is 0 Å². The molecule has 6 heteroatoms. The third kappa shape index (κ3) is 3.11. The molecule has 4 rings (SSSR count). The number of hydrogen-bond donors (Lipinski definition) is 2. The van der Waals surface area contributed by atoms with Crippen LogP contribution in [0, 0.1) is 5.82 Å². The second kappa shape index (κ2) is 6.94. The highest BCUT2D eigenvalue weighted by atomic mass is 19.1. The molecule has 1 aliphatic carbocycles. The lowest BCUT2D eigenvalue weighted by atomic mass is 9.95. The normalized spacial score (nSPS) is 22.7. The monoisotopic (exact) mass is 355 g/mol. The van der Waals surface area contributed by atoms with Crippen molar-refractivity contribution in [2.24, 2.45) is 0 Å². The van der Waals surface area contributed by atoms with E-state index < -0.39 is 17.9 Å². The molecule has 0 bridgehead atoms. The van der Waals surface area contributed by atoms with Gasteiger partial charge in [0.25, 0.3) is 5.91 Å². The molecule has 0 spiro atoms. The van der Waals surface area contributed by atoms with Crippen molar-refractivity contribution in [1.82, 2.24) is 15.5 Å². The molecule has 1 unspecified atom stereocenters. The largest absolute Gasteiger partial charge is 0.333 e. The molecule has 1 aromatic rings. The van der Waals surface area contributed by atoms with Gasteiger partial charge in [0.05, 0.1) is 23.9 Å². The number of hydrogen-bond acceptors (Lipinski definition) is 2. The third-order valence-electron chi connectivity index (χ3n) is 5.32. The van der Waals surface area contributed by atoms with E-state index in [4.69, 9.17) is 0 Å². The maximum Gasteiger partial charge on any atom is 0.319 e. The summed E-state index contributed by atoms with van der Waals surface area (Å²) in [6.07, 6.45) is 7.81. The molecule has 2 heterocycles. The Hall–Kier alpha value is -2.63. The fourth-order valence-corrected chi connectivity index (χ4v) is 3.96. The van der Waals surface area contributed by atoms with Gasteiger partial charge in [-0.3, -0.25) is 4.79 Å². The van der Waals surface area contributed by atoms with E-state index in [2.05, 4.69) is 16.7 Å². The second-order valence-electron chi connectivity index (χ2n) is 7.03. The zero-order chi connectivity index (χ0) is 18.1. The highest BCUT2D eigenvalue weighted by molar-refractivity contribution is 6.01. The maximum absolute atomic E-state index is 14.2. The molecule has 26 heavy (non-hydrogen) atoms. The van der Waals surface area contributed by atoms with Crippen molar-refractivity contribution >= 4 is 11.9 Å². The van der Waals surface area contributed by atoms with Gasteiger partial charge < -0.3 is 15.5 Å². The van der Waals surface area contributed by atoms with Crippen LogP contribution in [0.4, 0.5) is 9.18 Å². The van der Waals surface area contributed by atoms with Crippen molar-refractivity contribution in [1.29, 1.82) is 0 Å². The van der Waals surface area contributed by atoms with E-state index in [1.54, 1.807) is 23.1 Å². The van der Waals surface area contributed by atoms with Crippen LogP contribution in [0.15, 0.2) is 47.2 Å². The van der Waals surface area contributed by atoms with E-state index in [0.717, 1.165) is 19.3 Å². The zero-order valence-electron chi connectivity index (χ0n) is 14.6. The highest BCUT2D eigenvalue weighted by Crippen LogP contribution is 2.34. The minimum absolute atomic E-state index is 0.128. The smallest absolute Gasteiger partial charge is 0.319 e. The first kappa shape index (κ1) is 16.8. The number of nitrogens with one attached hydrogen (secondary N) is 2. The van der Waals surface area contributed by atoms with Crippen molar-refractivity contribution < 1.29 is 14.0 Å². The summed E-state index contributed by atoms with van der Waals surface area (Å²) in [5.74, 6) is -0.553. The quantitative estimate of drug-likeness (QED) is 0.815. The standard InChI is InChI=1S/C20H22FN3O2/c21-15-9-5-4-8-14(15)18-17-16(22-20(26)23-18)12-24(19(17)25)11-10-13-6-2-1-3-7-13/h4-6,8-9,18H,1-3,7,10-12H2,(H2,22,23,26). The average Bonchev–Trinajstić information content (AvgIpc) is 2.96. The van der Waals surface area contributed by atoms with Crippen LogP contribution >= 0.6 is 0 Å². The number of benzene rings is 1. The minimum Gasteiger partial charge on any atom is -0.333 e. The Kier molecular flexibility index (Phi) is 4.49. The summed E-state index contributed by atoms with van der Waals surface area (Å²) in [7, 11) is 0. The van der Waals surface area contributed by atoms with Crippen LogP contribution in [0.5, 0.6) is 0 Å². The lowest BCUT2D eigenvalue weighted by Crippen LogP contribution is -2.44. The number of halogens is 1. The van der Waals surface area contributed by atoms with Crippen molar-refractivity contribution in [2.75, 3.05) is 13.1 Å². The number of carbonyl (C=O) groups is 2. The van der Waals surface area contributed by atoms with E-state index >= 15 is 0 Å². The molecule has 0 fully saturated rings. The summed E-state index contributed by atoms with van der Waals surface area (Å²) < 4.78 is 14.2. The van der Waals surface area contributed by atoms with Crippen LogP contribution in [0.2, 0.25) is 0 Å². The van der Waals surface area contributed by atoms with Crippen LogP contribution in [-0.4, -0.2) is 29.9 Å². The summed E-state index contributed by atoms with van der Waals surface area (Å²) in [6.45, 7) is 0.997. The molecule has 0 radical (unpaired) electrons. The number of urea groups is 1. The molecule has 136 valence electrons. The topological polar surface area (TPSA) is 61.4 Å². The summed E-state index contributed by atoms with van der Waals surface area (Å²) >= 11 is 0. The van der Waals surface area contributed by atoms with Gasteiger partial charge in [0, 0.05) is 12.1 Å². The summed E-state index contributed by atoms with van der Waals surface area (Å²) in [5, 5.41) is 5.42. The van der Waals surface area contributed by atoms with Gasteiger partial charge in [0.2, 0.25) is 0 Å². The fraction of sp³-hybridized carbons (Fsp3) is 0.400. The van der Waals surface area contributed by atoms with Crippen LogP contribution in [0.1, 0.15) is 43.7 Å². The first-order valence-corrected chi connectivity index (χ1v) is 9.15. The number of allylic oxidation sites excluding steroid dienone is 1. The molecule has 2 N–H and O–H groups in total. The highest BCUT2D eigenvalue weighted by Gasteiger charge is 2.40. The van der Waals surface area contributed by atoms with E-state index in [9.17, 15) is 14.0 Å². The molecular formula is C20H22FN3O2. The number of nitrogens with zero attached hydrogens (tertiary/aromatic N) is 1. The lowest BCUT2D eigenvalue weighted by molar-refractivity contribution is -0.125. The van der Waals surface area contributed by atoms with Crippen LogP contribution in [0.25, 0.3) is 0 Å². The van der Waals surface area contributed by atoms with E-state index in [1.807, 2.05) is 0 Å². The van der Waals surface area contributed by atoms with Crippen LogP contribution < -0.4 is 10.6 Å². The van der Waals surface area contributed by atoms with Crippen molar-refractivity contribution in [2.45, 2.75) is 38.1 Å². The molecule has 2 aliphatic heterocycles. The summed E-state index contributed by atoms with van der Waals surface area (Å²) in [5.41, 5.74) is 2.76. The van der Waals surface area contributed by atoms with Gasteiger partial charge in [0.1, 0.15) is 5.82 Å². The van der Waals surface area contributed by atoms with Crippen LogP contribution in [0.3, 0.4) is 0 Å². The maximum atomic E-state index is 14.2. The minimum atomic E-state index is -0.744. The Bertz CT molecular complexity index is 815. The summed E-state index contributed by atoms with van der Waals surface area (Å²) in [6, 6.07) is 5.11. The Morgan fingerprint density at radius 1 is 1.19 bits per heavy atom. The Morgan fingerprint density at radius 2 is 2.04 bits per heavy atom. The molecule has 0 aromatic heterocycles. The number of amides is 3. The number of rotatable bonds is 4. The number of carbonyl (C=O) groups excluding carboxylic acids is 2. The molecular weight excluding hydrogens is 333 g/mol. The van der Waals surface area contributed by atoms with Crippen molar-refractivity contribution in [3.05, 3.63) is 58.6 Å². The third-order valence-corrected chi connectivity index (χ3v) is 5.32. The summed E-state index contributed by atoms with van der Waals surface area (Å²) in [4.78, 5) is 26.7. The molecule has 1 atom stereocenters. The first-order chi connectivity index (χ1) is 12.6. The van der Waals surface area contributed by atoms with Gasteiger partial charge in [0.15, 0.2) is 0 Å².